The first-order valence-corrected chi connectivity index (χ1v) is 7.43. The third-order valence-electron chi connectivity index (χ3n) is 3.63. The van der Waals surface area contributed by atoms with Crippen LogP contribution in [0.4, 0.5) is 4.79 Å². The number of methoxy groups -OCH3 is 1. The van der Waals surface area contributed by atoms with Crippen LogP contribution in [0.15, 0.2) is 30.3 Å². The van der Waals surface area contributed by atoms with Crippen molar-refractivity contribution in [3.8, 4) is 0 Å². The van der Waals surface area contributed by atoms with E-state index in [0.717, 1.165) is 12.0 Å². The second-order valence-electron chi connectivity index (χ2n) is 5.19. The highest BCUT2D eigenvalue weighted by molar-refractivity contribution is 5.88. The quantitative estimate of drug-likeness (QED) is 0.821. The molecule has 1 aromatic carbocycles. The number of rotatable bonds is 5. The molecule has 0 radical (unpaired) electrons. The van der Waals surface area contributed by atoms with Crippen molar-refractivity contribution < 1.29 is 23.9 Å². The minimum Gasteiger partial charge on any atom is -0.468 e. The van der Waals surface area contributed by atoms with E-state index in [-0.39, 0.29) is 19.1 Å². The molecule has 1 atom stereocenters. The van der Waals surface area contributed by atoms with Gasteiger partial charge < -0.3 is 14.8 Å². The number of hydrogen-bond acceptors (Lipinski definition) is 5. The Balaban J connectivity index is 1.86. The van der Waals surface area contributed by atoms with Crippen LogP contribution in [-0.2, 0) is 25.7 Å². The second-order valence-corrected chi connectivity index (χ2v) is 5.19. The Labute approximate surface area is 134 Å². The van der Waals surface area contributed by atoms with Crippen LogP contribution in [0.25, 0.3) is 0 Å². The van der Waals surface area contributed by atoms with Crippen molar-refractivity contribution in [1.29, 1.82) is 0 Å². The maximum Gasteiger partial charge on any atom is 0.410 e. The molecule has 0 spiro atoms. The standard InChI is InChI=1S/C16H20N2O5/c1-22-14(19)10-17-15(20)13-8-5-9-18(13)16(21)23-11-12-6-3-2-4-7-12/h2-4,6-7,13H,5,8-11H2,1H3,(H,17,20)/t13-/m0/s1. The van der Waals surface area contributed by atoms with Crippen LogP contribution in [0.5, 0.6) is 0 Å². The Morgan fingerprint density at radius 1 is 1.26 bits per heavy atom. The van der Waals surface area contributed by atoms with Crippen molar-refractivity contribution in [2.75, 3.05) is 20.2 Å². The molecule has 0 saturated carbocycles. The van der Waals surface area contributed by atoms with Gasteiger partial charge in [-0.3, -0.25) is 14.5 Å². The number of carbonyl (C=O) groups excluding carboxylic acids is 3. The molecule has 7 nitrogen and oxygen atoms in total. The molecule has 0 unspecified atom stereocenters. The van der Waals surface area contributed by atoms with Crippen LogP contribution >= 0.6 is 0 Å². The van der Waals surface area contributed by atoms with Crippen molar-refractivity contribution in [2.45, 2.75) is 25.5 Å². The summed E-state index contributed by atoms with van der Waals surface area (Å²) in [6, 6.07) is 8.72. The van der Waals surface area contributed by atoms with E-state index in [2.05, 4.69) is 10.1 Å². The van der Waals surface area contributed by atoms with Gasteiger partial charge in [0.2, 0.25) is 5.91 Å². The van der Waals surface area contributed by atoms with Gasteiger partial charge in [0, 0.05) is 6.54 Å². The third-order valence-corrected chi connectivity index (χ3v) is 3.63. The molecule has 7 heteroatoms. The molecule has 1 aromatic rings. The molecule has 0 aromatic heterocycles. The van der Waals surface area contributed by atoms with Crippen molar-refractivity contribution in [3.05, 3.63) is 35.9 Å². The highest BCUT2D eigenvalue weighted by Gasteiger charge is 2.35. The summed E-state index contributed by atoms with van der Waals surface area (Å²) < 4.78 is 9.72. The number of ether oxygens (including phenoxy) is 2. The van der Waals surface area contributed by atoms with Gasteiger partial charge in [0.25, 0.3) is 0 Å². The van der Waals surface area contributed by atoms with Crippen molar-refractivity contribution in [3.63, 3.8) is 0 Å². The SMILES string of the molecule is COC(=O)CNC(=O)[C@@H]1CCCN1C(=O)OCc1ccccc1. The number of esters is 1. The van der Waals surface area contributed by atoms with E-state index in [1.807, 2.05) is 30.3 Å². The van der Waals surface area contributed by atoms with Crippen LogP contribution in [0, 0.1) is 0 Å². The normalized spacial score (nSPS) is 16.7. The predicted molar refractivity (Wildman–Crippen MR) is 81.4 cm³/mol. The first-order valence-electron chi connectivity index (χ1n) is 7.43. The highest BCUT2D eigenvalue weighted by atomic mass is 16.6. The van der Waals surface area contributed by atoms with E-state index >= 15 is 0 Å². The van der Waals surface area contributed by atoms with Crippen LogP contribution in [-0.4, -0.2) is 49.1 Å². The maximum atomic E-state index is 12.2. The van der Waals surface area contributed by atoms with Crippen LogP contribution in [0.3, 0.4) is 0 Å². The maximum absolute atomic E-state index is 12.2. The summed E-state index contributed by atoms with van der Waals surface area (Å²) in [5.41, 5.74) is 0.881. The number of carbonyl (C=O) groups is 3. The summed E-state index contributed by atoms with van der Waals surface area (Å²) in [6.45, 7) is 0.412. The lowest BCUT2D eigenvalue weighted by Gasteiger charge is -2.23. The van der Waals surface area contributed by atoms with E-state index in [1.165, 1.54) is 12.0 Å². The summed E-state index contributed by atoms with van der Waals surface area (Å²) in [4.78, 5) is 36.7. The lowest BCUT2D eigenvalue weighted by Crippen LogP contribution is -2.47. The van der Waals surface area contributed by atoms with E-state index < -0.39 is 18.1 Å². The van der Waals surface area contributed by atoms with Gasteiger partial charge in [-0.25, -0.2) is 4.79 Å². The van der Waals surface area contributed by atoms with Crippen molar-refractivity contribution in [1.82, 2.24) is 10.2 Å². The Morgan fingerprint density at radius 2 is 2.00 bits per heavy atom. The molecule has 1 heterocycles. The van der Waals surface area contributed by atoms with E-state index in [9.17, 15) is 14.4 Å². The first kappa shape index (κ1) is 16.8. The summed E-state index contributed by atoms with van der Waals surface area (Å²) in [5.74, 6) is -0.904. The molecular weight excluding hydrogens is 300 g/mol. The lowest BCUT2D eigenvalue weighted by atomic mass is 10.2. The summed E-state index contributed by atoms with van der Waals surface area (Å²) in [7, 11) is 1.25. The van der Waals surface area contributed by atoms with Crippen LogP contribution in [0.1, 0.15) is 18.4 Å². The number of nitrogens with zero attached hydrogens (tertiary/aromatic N) is 1. The molecule has 1 aliphatic rings. The zero-order valence-electron chi connectivity index (χ0n) is 13.0. The van der Waals surface area contributed by atoms with Gasteiger partial charge in [0.15, 0.2) is 0 Å². The van der Waals surface area contributed by atoms with E-state index in [1.54, 1.807) is 0 Å². The largest absolute Gasteiger partial charge is 0.468 e. The minimum atomic E-state index is -0.608. The fraction of sp³-hybridized carbons (Fsp3) is 0.438. The molecule has 23 heavy (non-hydrogen) atoms. The van der Waals surface area contributed by atoms with Gasteiger partial charge in [0.05, 0.1) is 7.11 Å². The molecule has 124 valence electrons. The Hall–Kier alpha value is -2.57. The fourth-order valence-electron chi connectivity index (χ4n) is 2.41. The van der Waals surface area contributed by atoms with Crippen molar-refractivity contribution in [2.24, 2.45) is 0 Å². The zero-order valence-corrected chi connectivity index (χ0v) is 13.0. The summed E-state index contributed by atoms with van der Waals surface area (Å²) >= 11 is 0. The average molecular weight is 320 g/mol. The number of hydrogen-bond donors (Lipinski definition) is 1. The molecule has 1 aliphatic heterocycles. The van der Waals surface area contributed by atoms with Gasteiger partial charge in [-0.1, -0.05) is 30.3 Å². The number of amides is 2. The molecule has 0 aliphatic carbocycles. The molecular formula is C16H20N2O5. The smallest absolute Gasteiger partial charge is 0.410 e. The minimum absolute atomic E-state index is 0.159. The Morgan fingerprint density at radius 3 is 2.70 bits per heavy atom. The summed E-state index contributed by atoms with van der Waals surface area (Å²) in [6.07, 6.45) is 0.745. The van der Waals surface area contributed by atoms with Crippen molar-refractivity contribution >= 4 is 18.0 Å². The van der Waals surface area contributed by atoms with Crippen LogP contribution < -0.4 is 5.32 Å². The van der Waals surface area contributed by atoms with Gasteiger partial charge in [-0.15, -0.1) is 0 Å². The van der Waals surface area contributed by atoms with Gasteiger partial charge in [-0.2, -0.15) is 0 Å². The second kappa shape index (κ2) is 8.17. The monoisotopic (exact) mass is 320 g/mol. The average Bonchev–Trinajstić information content (AvgIpc) is 3.08. The molecule has 1 fully saturated rings. The summed E-state index contributed by atoms with van der Waals surface area (Å²) in [5, 5.41) is 2.47. The van der Waals surface area contributed by atoms with Gasteiger partial charge >= 0.3 is 12.1 Å². The third kappa shape index (κ3) is 4.70. The predicted octanol–water partition coefficient (Wildman–Crippen LogP) is 1.08. The Kier molecular flexibility index (Phi) is 5.96. The topological polar surface area (TPSA) is 84.9 Å². The van der Waals surface area contributed by atoms with Crippen LogP contribution in [0.2, 0.25) is 0 Å². The zero-order chi connectivity index (χ0) is 16.7. The highest BCUT2D eigenvalue weighted by Crippen LogP contribution is 2.19. The fourth-order valence-corrected chi connectivity index (χ4v) is 2.41. The van der Waals surface area contributed by atoms with E-state index in [0.29, 0.717) is 13.0 Å². The molecule has 0 bridgehead atoms. The number of nitrogens with one attached hydrogen (secondary N) is 1. The molecule has 2 rings (SSSR count). The Bertz CT molecular complexity index is 561. The van der Waals surface area contributed by atoms with Gasteiger partial charge in [-0.05, 0) is 18.4 Å². The van der Waals surface area contributed by atoms with E-state index in [4.69, 9.17) is 4.74 Å². The number of benzene rings is 1. The molecule has 1 N–H and O–H groups in total. The lowest BCUT2D eigenvalue weighted by molar-refractivity contribution is -0.141. The van der Waals surface area contributed by atoms with Gasteiger partial charge in [0.1, 0.15) is 19.2 Å². The molecule has 2 amide bonds. The number of likely N-dealkylation sites (tertiary alicyclic amines) is 1. The molecule has 1 saturated heterocycles. The first-order chi connectivity index (χ1) is 11.1.